The Morgan fingerprint density at radius 1 is 1.27 bits per heavy atom. The Kier molecular flexibility index (Phi) is 6.65. The first-order valence-corrected chi connectivity index (χ1v) is 9.69. The van der Waals surface area contributed by atoms with Gasteiger partial charge in [0.15, 0.2) is 11.6 Å². The molecule has 30 heavy (non-hydrogen) atoms. The smallest absolute Gasteiger partial charge is 0.404 e. The van der Waals surface area contributed by atoms with Crippen molar-refractivity contribution in [3.05, 3.63) is 36.3 Å². The molecule has 0 unspecified atom stereocenters. The predicted octanol–water partition coefficient (Wildman–Crippen LogP) is 2.83. The number of carbonyl (C=O) groups is 2. The molecule has 3 rings (SSSR count). The summed E-state index contributed by atoms with van der Waals surface area (Å²) in [4.78, 5) is 33.8. The van der Waals surface area contributed by atoms with Crippen LogP contribution in [-0.2, 0) is 4.79 Å². The van der Waals surface area contributed by atoms with Gasteiger partial charge in [0.2, 0.25) is 11.9 Å². The number of aromatic nitrogens is 2. The van der Waals surface area contributed by atoms with Crippen molar-refractivity contribution in [2.45, 2.75) is 19.8 Å². The number of benzene rings is 1. The Balaban J connectivity index is 1.64. The summed E-state index contributed by atoms with van der Waals surface area (Å²) >= 11 is 0. The molecule has 0 spiro atoms. The molecule has 9 nitrogen and oxygen atoms in total. The molecule has 0 bridgehead atoms. The van der Waals surface area contributed by atoms with Gasteiger partial charge in [0.25, 0.3) is 0 Å². The molecule has 10 heteroatoms. The van der Waals surface area contributed by atoms with Crippen LogP contribution < -0.4 is 20.4 Å². The van der Waals surface area contributed by atoms with Gasteiger partial charge in [-0.3, -0.25) is 4.79 Å². The van der Waals surface area contributed by atoms with E-state index in [4.69, 9.17) is 5.11 Å². The molecule has 0 atom stereocenters. The molecule has 1 saturated heterocycles. The molecule has 2 amide bonds. The number of rotatable bonds is 6. The number of anilines is 4. The standard InChI is InChI=1S/C20H25FN6O3/c1-13(28)26(2)16-5-3-15(4-6-16)24-19-22-12-17(21)18(25-19)27-9-7-14(8-10-27)11-23-20(29)30/h3-6,12,14,23H,7-11H2,1-2H3,(H,29,30)(H,22,24,25). The minimum Gasteiger partial charge on any atom is -0.465 e. The van der Waals surface area contributed by atoms with E-state index in [2.05, 4.69) is 20.6 Å². The van der Waals surface area contributed by atoms with Crippen LogP contribution in [0.15, 0.2) is 30.5 Å². The molecule has 2 heterocycles. The van der Waals surface area contributed by atoms with Gasteiger partial charge >= 0.3 is 6.09 Å². The number of amides is 2. The Morgan fingerprint density at radius 3 is 2.53 bits per heavy atom. The number of hydrogen-bond donors (Lipinski definition) is 3. The van der Waals surface area contributed by atoms with Crippen LogP contribution in [0.5, 0.6) is 0 Å². The van der Waals surface area contributed by atoms with Crippen LogP contribution in [-0.4, -0.2) is 53.8 Å². The number of carboxylic acid groups (broad SMARTS) is 1. The van der Waals surface area contributed by atoms with Crippen LogP contribution in [0.4, 0.5) is 32.3 Å². The summed E-state index contributed by atoms with van der Waals surface area (Å²) in [5.41, 5.74) is 1.47. The van der Waals surface area contributed by atoms with Gasteiger partial charge in [0, 0.05) is 45.0 Å². The lowest BCUT2D eigenvalue weighted by molar-refractivity contribution is -0.116. The Bertz CT molecular complexity index is 900. The lowest BCUT2D eigenvalue weighted by Crippen LogP contribution is -2.39. The van der Waals surface area contributed by atoms with E-state index in [1.807, 2.05) is 4.90 Å². The third-order valence-corrected chi connectivity index (χ3v) is 5.16. The quantitative estimate of drug-likeness (QED) is 0.664. The summed E-state index contributed by atoms with van der Waals surface area (Å²) < 4.78 is 14.3. The Hall–Kier alpha value is -3.43. The van der Waals surface area contributed by atoms with Gasteiger partial charge in [0.1, 0.15) is 0 Å². The van der Waals surface area contributed by atoms with Crippen molar-refractivity contribution in [2.75, 3.05) is 41.8 Å². The van der Waals surface area contributed by atoms with Gasteiger partial charge in [-0.25, -0.2) is 14.2 Å². The normalized spacial score (nSPS) is 14.3. The molecule has 1 aliphatic heterocycles. The van der Waals surface area contributed by atoms with E-state index in [0.29, 0.717) is 25.3 Å². The van der Waals surface area contributed by atoms with Crippen molar-refractivity contribution in [1.82, 2.24) is 15.3 Å². The molecular formula is C20H25FN6O3. The van der Waals surface area contributed by atoms with E-state index in [-0.39, 0.29) is 23.6 Å². The minimum absolute atomic E-state index is 0.0651. The van der Waals surface area contributed by atoms with Crippen molar-refractivity contribution < 1.29 is 19.1 Å². The molecule has 1 aromatic carbocycles. The maximum atomic E-state index is 14.3. The molecular weight excluding hydrogens is 391 g/mol. The summed E-state index contributed by atoms with van der Waals surface area (Å²) in [6.07, 6.45) is 1.60. The first-order chi connectivity index (χ1) is 14.3. The monoisotopic (exact) mass is 416 g/mol. The largest absolute Gasteiger partial charge is 0.465 e. The van der Waals surface area contributed by atoms with Gasteiger partial charge in [-0.05, 0) is 43.0 Å². The lowest BCUT2D eigenvalue weighted by atomic mass is 9.97. The van der Waals surface area contributed by atoms with Gasteiger partial charge in [0.05, 0.1) is 6.20 Å². The number of nitrogens with one attached hydrogen (secondary N) is 2. The fourth-order valence-electron chi connectivity index (χ4n) is 3.30. The van der Waals surface area contributed by atoms with Crippen LogP contribution in [0.25, 0.3) is 0 Å². The second kappa shape index (κ2) is 9.38. The molecule has 1 aromatic heterocycles. The summed E-state index contributed by atoms with van der Waals surface area (Å²) in [5.74, 6) is 0.163. The Labute approximate surface area is 173 Å². The molecule has 0 saturated carbocycles. The predicted molar refractivity (Wildman–Crippen MR) is 112 cm³/mol. The highest BCUT2D eigenvalue weighted by Gasteiger charge is 2.23. The van der Waals surface area contributed by atoms with Crippen molar-refractivity contribution in [1.29, 1.82) is 0 Å². The highest BCUT2D eigenvalue weighted by Crippen LogP contribution is 2.25. The van der Waals surface area contributed by atoms with Crippen molar-refractivity contribution in [3.8, 4) is 0 Å². The number of hydrogen-bond acceptors (Lipinski definition) is 6. The van der Waals surface area contributed by atoms with Crippen LogP contribution in [0.1, 0.15) is 19.8 Å². The van der Waals surface area contributed by atoms with Crippen molar-refractivity contribution >= 4 is 35.1 Å². The number of piperidine rings is 1. The maximum Gasteiger partial charge on any atom is 0.404 e. The number of carbonyl (C=O) groups excluding carboxylic acids is 1. The first kappa shape index (κ1) is 21.3. The third-order valence-electron chi connectivity index (χ3n) is 5.16. The average molecular weight is 416 g/mol. The molecule has 3 N–H and O–H groups in total. The lowest BCUT2D eigenvalue weighted by Gasteiger charge is -2.32. The number of nitrogens with zero attached hydrogens (tertiary/aromatic N) is 4. The van der Waals surface area contributed by atoms with Crippen molar-refractivity contribution in [3.63, 3.8) is 0 Å². The highest BCUT2D eigenvalue weighted by atomic mass is 19.1. The third kappa shape index (κ3) is 5.34. The minimum atomic E-state index is -1.03. The van der Waals surface area contributed by atoms with Gasteiger partial charge < -0.3 is 25.5 Å². The zero-order valence-electron chi connectivity index (χ0n) is 16.9. The molecule has 160 valence electrons. The van der Waals surface area contributed by atoms with Crippen LogP contribution in [0.2, 0.25) is 0 Å². The summed E-state index contributed by atoms with van der Waals surface area (Å²) in [7, 11) is 1.70. The summed E-state index contributed by atoms with van der Waals surface area (Å²) in [6.45, 7) is 3.07. The van der Waals surface area contributed by atoms with Crippen molar-refractivity contribution in [2.24, 2.45) is 5.92 Å². The zero-order chi connectivity index (χ0) is 21.7. The van der Waals surface area contributed by atoms with E-state index in [0.717, 1.165) is 24.7 Å². The summed E-state index contributed by atoms with van der Waals surface area (Å²) in [5, 5.41) is 14.2. The zero-order valence-corrected chi connectivity index (χ0v) is 16.9. The van der Waals surface area contributed by atoms with E-state index in [1.54, 1.807) is 31.3 Å². The molecule has 1 fully saturated rings. The van der Waals surface area contributed by atoms with Crippen LogP contribution >= 0.6 is 0 Å². The van der Waals surface area contributed by atoms with Gasteiger partial charge in [-0.1, -0.05) is 0 Å². The van der Waals surface area contributed by atoms with Crippen LogP contribution in [0, 0.1) is 11.7 Å². The Morgan fingerprint density at radius 2 is 1.93 bits per heavy atom. The van der Waals surface area contributed by atoms with E-state index < -0.39 is 11.9 Å². The highest BCUT2D eigenvalue weighted by molar-refractivity contribution is 5.91. The fourth-order valence-corrected chi connectivity index (χ4v) is 3.30. The average Bonchev–Trinajstić information content (AvgIpc) is 2.74. The first-order valence-electron chi connectivity index (χ1n) is 9.69. The second-order valence-electron chi connectivity index (χ2n) is 7.23. The molecule has 0 radical (unpaired) electrons. The van der Waals surface area contributed by atoms with Gasteiger partial charge in [-0.15, -0.1) is 0 Å². The topological polar surface area (TPSA) is 111 Å². The van der Waals surface area contributed by atoms with E-state index in [1.165, 1.54) is 11.8 Å². The molecule has 0 aliphatic carbocycles. The van der Waals surface area contributed by atoms with E-state index in [9.17, 15) is 14.0 Å². The van der Waals surface area contributed by atoms with E-state index >= 15 is 0 Å². The summed E-state index contributed by atoms with van der Waals surface area (Å²) in [6, 6.07) is 7.18. The second-order valence-corrected chi connectivity index (χ2v) is 7.23. The molecule has 1 aliphatic rings. The fraction of sp³-hybridized carbons (Fsp3) is 0.400. The number of halogens is 1. The van der Waals surface area contributed by atoms with Crippen LogP contribution in [0.3, 0.4) is 0 Å². The SMILES string of the molecule is CC(=O)N(C)c1ccc(Nc2ncc(F)c(N3CCC(CNC(=O)O)CC3)n2)cc1. The van der Waals surface area contributed by atoms with Gasteiger partial charge in [-0.2, -0.15) is 4.98 Å². The maximum absolute atomic E-state index is 14.3. The molecule has 2 aromatic rings.